The molecule has 0 aliphatic carbocycles. The summed E-state index contributed by atoms with van der Waals surface area (Å²) in [7, 11) is 0. The molecule has 90 valence electrons. The van der Waals surface area contributed by atoms with Gasteiger partial charge in [-0.25, -0.2) is 0 Å². The van der Waals surface area contributed by atoms with Crippen LogP contribution >= 0.6 is 11.3 Å². The number of nitrogens with one attached hydrogen (secondary N) is 1. The summed E-state index contributed by atoms with van der Waals surface area (Å²) >= 11 is 1.64. The number of thiophene rings is 1. The lowest BCUT2D eigenvalue weighted by Gasteiger charge is -2.18. The Morgan fingerprint density at radius 1 is 1.62 bits per heavy atom. The molecule has 1 heterocycles. The molecule has 1 rings (SSSR count). The minimum absolute atomic E-state index is 0.0499. The van der Waals surface area contributed by atoms with Gasteiger partial charge in [-0.3, -0.25) is 4.79 Å². The molecule has 1 amide bonds. The minimum Gasteiger partial charge on any atom is -0.349 e. The lowest BCUT2D eigenvalue weighted by Crippen LogP contribution is -2.36. The van der Waals surface area contributed by atoms with Crippen LogP contribution in [0.1, 0.15) is 38.3 Å². The Morgan fingerprint density at radius 3 is 2.88 bits per heavy atom. The molecule has 2 atom stereocenters. The minimum atomic E-state index is -0.0499. The maximum atomic E-state index is 11.9. The number of amides is 1. The zero-order chi connectivity index (χ0) is 12.0. The van der Waals surface area contributed by atoms with Crippen molar-refractivity contribution in [1.29, 1.82) is 0 Å². The van der Waals surface area contributed by atoms with Crippen LogP contribution in [-0.2, 0) is 4.79 Å². The van der Waals surface area contributed by atoms with Gasteiger partial charge in [0.1, 0.15) is 0 Å². The summed E-state index contributed by atoms with van der Waals surface area (Å²) in [4.78, 5) is 11.9. The Bertz CT molecular complexity index is 311. The van der Waals surface area contributed by atoms with Crippen molar-refractivity contribution in [2.24, 2.45) is 11.7 Å². The van der Waals surface area contributed by atoms with E-state index >= 15 is 0 Å². The Balaban J connectivity index is 2.50. The second kappa shape index (κ2) is 6.66. The average Bonchev–Trinajstić information content (AvgIpc) is 2.78. The SMILES string of the molecule is CCCC(CN)C(=O)NC(C)c1ccsc1. The van der Waals surface area contributed by atoms with E-state index in [1.165, 1.54) is 0 Å². The highest BCUT2D eigenvalue weighted by atomic mass is 32.1. The van der Waals surface area contributed by atoms with Gasteiger partial charge in [0.25, 0.3) is 0 Å². The second-order valence-corrected chi connectivity index (χ2v) is 4.79. The molecule has 0 saturated heterocycles. The van der Waals surface area contributed by atoms with Gasteiger partial charge >= 0.3 is 0 Å². The Hall–Kier alpha value is -0.870. The van der Waals surface area contributed by atoms with Crippen molar-refractivity contribution in [3.8, 4) is 0 Å². The summed E-state index contributed by atoms with van der Waals surface area (Å²) in [5.41, 5.74) is 6.75. The van der Waals surface area contributed by atoms with Crippen molar-refractivity contribution in [2.75, 3.05) is 6.54 Å². The van der Waals surface area contributed by atoms with Crippen LogP contribution in [0.4, 0.5) is 0 Å². The van der Waals surface area contributed by atoms with Gasteiger partial charge in [0.2, 0.25) is 5.91 Å². The van der Waals surface area contributed by atoms with Crippen molar-refractivity contribution in [1.82, 2.24) is 5.32 Å². The molecule has 16 heavy (non-hydrogen) atoms. The van der Waals surface area contributed by atoms with E-state index in [2.05, 4.69) is 17.6 Å². The van der Waals surface area contributed by atoms with E-state index in [1.807, 2.05) is 18.4 Å². The van der Waals surface area contributed by atoms with Gasteiger partial charge in [-0.15, -0.1) is 0 Å². The maximum absolute atomic E-state index is 11.9. The van der Waals surface area contributed by atoms with Crippen molar-refractivity contribution < 1.29 is 4.79 Å². The maximum Gasteiger partial charge on any atom is 0.224 e. The second-order valence-electron chi connectivity index (χ2n) is 4.01. The first-order chi connectivity index (χ1) is 7.69. The molecule has 3 nitrogen and oxygen atoms in total. The molecule has 1 aromatic heterocycles. The molecule has 0 saturated carbocycles. The van der Waals surface area contributed by atoms with Gasteiger partial charge in [-0.1, -0.05) is 13.3 Å². The van der Waals surface area contributed by atoms with Crippen molar-refractivity contribution in [2.45, 2.75) is 32.7 Å². The third-order valence-corrected chi connectivity index (χ3v) is 3.40. The fourth-order valence-corrected chi connectivity index (χ4v) is 2.39. The number of carbonyl (C=O) groups is 1. The third kappa shape index (κ3) is 3.61. The normalized spacial score (nSPS) is 14.4. The van der Waals surface area contributed by atoms with Crippen LogP contribution in [-0.4, -0.2) is 12.5 Å². The van der Waals surface area contributed by atoms with Gasteiger partial charge in [-0.05, 0) is 35.7 Å². The fourth-order valence-electron chi connectivity index (χ4n) is 1.64. The Labute approximate surface area is 101 Å². The van der Waals surface area contributed by atoms with E-state index in [4.69, 9.17) is 5.73 Å². The van der Waals surface area contributed by atoms with Gasteiger partial charge in [0.15, 0.2) is 0 Å². The standard InChI is InChI=1S/C12H20N2OS/c1-3-4-10(7-13)12(15)14-9(2)11-5-6-16-8-11/h5-6,8-10H,3-4,7,13H2,1-2H3,(H,14,15). The molecule has 4 heteroatoms. The quantitative estimate of drug-likeness (QED) is 0.801. The predicted octanol–water partition coefficient (Wildman–Crippen LogP) is 2.30. The average molecular weight is 240 g/mol. The molecule has 2 unspecified atom stereocenters. The predicted molar refractivity (Wildman–Crippen MR) is 68.3 cm³/mol. The molecule has 0 bridgehead atoms. The van der Waals surface area contributed by atoms with Crippen LogP contribution in [0.3, 0.4) is 0 Å². The van der Waals surface area contributed by atoms with E-state index in [-0.39, 0.29) is 17.9 Å². The van der Waals surface area contributed by atoms with Crippen molar-refractivity contribution in [3.05, 3.63) is 22.4 Å². The zero-order valence-electron chi connectivity index (χ0n) is 9.90. The number of hydrogen-bond acceptors (Lipinski definition) is 3. The van der Waals surface area contributed by atoms with Crippen LogP contribution in [0.25, 0.3) is 0 Å². The van der Waals surface area contributed by atoms with Crippen LogP contribution in [0.5, 0.6) is 0 Å². The first kappa shape index (κ1) is 13.2. The molecular formula is C12H20N2OS. The summed E-state index contributed by atoms with van der Waals surface area (Å²) in [6.45, 7) is 4.49. The molecular weight excluding hydrogens is 220 g/mol. The van der Waals surface area contributed by atoms with Crippen molar-refractivity contribution >= 4 is 17.2 Å². The summed E-state index contributed by atoms with van der Waals surface area (Å²) in [5.74, 6) is 0.0223. The van der Waals surface area contributed by atoms with Gasteiger partial charge < -0.3 is 11.1 Å². The van der Waals surface area contributed by atoms with Crippen LogP contribution in [0.2, 0.25) is 0 Å². The highest BCUT2D eigenvalue weighted by Gasteiger charge is 2.18. The molecule has 1 aromatic rings. The zero-order valence-corrected chi connectivity index (χ0v) is 10.7. The molecule has 0 radical (unpaired) electrons. The number of hydrogen-bond donors (Lipinski definition) is 2. The van der Waals surface area contributed by atoms with Crippen LogP contribution in [0.15, 0.2) is 16.8 Å². The highest BCUT2D eigenvalue weighted by Crippen LogP contribution is 2.16. The summed E-state index contributed by atoms with van der Waals surface area (Å²) in [6.07, 6.45) is 1.85. The topological polar surface area (TPSA) is 55.1 Å². The summed E-state index contributed by atoms with van der Waals surface area (Å²) < 4.78 is 0. The van der Waals surface area contributed by atoms with Gasteiger partial charge in [0, 0.05) is 6.54 Å². The Morgan fingerprint density at radius 2 is 2.38 bits per heavy atom. The first-order valence-corrected chi connectivity index (χ1v) is 6.65. The van der Waals surface area contributed by atoms with Gasteiger partial charge in [0.05, 0.1) is 12.0 Å². The first-order valence-electron chi connectivity index (χ1n) is 5.71. The van der Waals surface area contributed by atoms with E-state index in [0.29, 0.717) is 6.54 Å². The van der Waals surface area contributed by atoms with Gasteiger partial charge in [-0.2, -0.15) is 11.3 Å². The van der Waals surface area contributed by atoms with Crippen molar-refractivity contribution in [3.63, 3.8) is 0 Å². The fraction of sp³-hybridized carbons (Fsp3) is 0.583. The monoisotopic (exact) mass is 240 g/mol. The van der Waals surface area contributed by atoms with E-state index in [1.54, 1.807) is 11.3 Å². The lowest BCUT2D eigenvalue weighted by molar-refractivity contribution is -0.125. The smallest absolute Gasteiger partial charge is 0.224 e. The van der Waals surface area contributed by atoms with E-state index in [0.717, 1.165) is 18.4 Å². The number of carbonyl (C=O) groups excluding carboxylic acids is 1. The van der Waals surface area contributed by atoms with E-state index in [9.17, 15) is 4.79 Å². The molecule has 3 N–H and O–H groups in total. The van der Waals surface area contributed by atoms with Crippen LogP contribution < -0.4 is 11.1 Å². The highest BCUT2D eigenvalue weighted by molar-refractivity contribution is 7.07. The Kier molecular flexibility index (Phi) is 5.49. The molecule has 0 aliphatic heterocycles. The van der Waals surface area contributed by atoms with E-state index < -0.39 is 0 Å². The van der Waals surface area contributed by atoms with Crippen LogP contribution in [0, 0.1) is 5.92 Å². The number of rotatable bonds is 6. The summed E-state index contributed by atoms with van der Waals surface area (Å²) in [6, 6.07) is 2.11. The lowest BCUT2D eigenvalue weighted by atomic mass is 10.0. The molecule has 0 aliphatic rings. The molecule has 0 spiro atoms. The molecule has 0 fully saturated rings. The summed E-state index contributed by atoms with van der Waals surface area (Å²) in [5, 5.41) is 7.08. The number of nitrogens with two attached hydrogens (primary N) is 1. The largest absolute Gasteiger partial charge is 0.349 e. The molecule has 0 aromatic carbocycles. The third-order valence-electron chi connectivity index (χ3n) is 2.69.